The van der Waals surface area contributed by atoms with Crippen LogP contribution in [0.15, 0.2) is 63.2 Å². The smallest absolute Gasteiger partial charge is 0.349 e. The molecule has 3 rings (SSSR count). The van der Waals surface area contributed by atoms with Crippen molar-refractivity contribution in [3.05, 3.63) is 74.9 Å². The predicted molar refractivity (Wildman–Crippen MR) is 95.8 cm³/mol. The molecule has 2 aromatic carbocycles. The van der Waals surface area contributed by atoms with Gasteiger partial charge < -0.3 is 14.5 Å². The zero-order valence-electron chi connectivity index (χ0n) is 13.8. The maximum Gasteiger partial charge on any atom is 0.349 e. The fraction of sp³-hybridized carbons (Fsp3) is 0.111. The number of para-hydroxylation sites is 1. The highest BCUT2D eigenvalue weighted by Gasteiger charge is 2.05. The molecule has 26 heavy (non-hydrogen) atoms. The van der Waals surface area contributed by atoms with Crippen LogP contribution in [0.25, 0.3) is 10.9 Å². The van der Waals surface area contributed by atoms with Gasteiger partial charge in [0.15, 0.2) is 6.61 Å². The van der Waals surface area contributed by atoms with Crippen LogP contribution in [0.5, 0.6) is 5.75 Å². The number of methoxy groups -OCH3 is 1. The normalized spacial score (nSPS) is 11.0. The van der Waals surface area contributed by atoms with Gasteiger partial charge in [0.2, 0.25) is 0 Å². The Morgan fingerprint density at radius 3 is 2.62 bits per heavy atom. The van der Waals surface area contributed by atoms with E-state index in [1.54, 1.807) is 48.5 Å². The Bertz CT molecular complexity index is 1080. The Kier molecular flexibility index (Phi) is 4.93. The summed E-state index contributed by atoms with van der Waals surface area (Å²) in [7, 11) is 1.28. The summed E-state index contributed by atoms with van der Waals surface area (Å²) in [4.78, 5) is 38.0. The standard InChI is InChI=1S/C18H15N3O5/c1-25-16(22)11-26-13-8-6-12(7-9-13)10-19-21-17(23)14-4-2-3-5-15(14)20-18(21)24/h2-10H,11H2,1H3,(H,20,24). The van der Waals surface area contributed by atoms with Crippen LogP contribution >= 0.6 is 0 Å². The number of aromatic amines is 1. The first-order valence-electron chi connectivity index (χ1n) is 7.66. The van der Waals surface area contributed by atoms with Gasteiger partial charge in [0.05, 0.1) is 24.2 Å². The molecule has 0 fully saturated rings. The monoisotopic (exact) mass is 353 g/mol. The molecule has 0 spiro atoms. The van der Waals surface area contributed by atoms with Crippen molar-refractivity contribution in [3.8, 4) is 5.75 Å². The lowest BCUT2D eigenvalue weighted by Crippen LogP contribution is -2.32. The maximum absolute atomic E-state index is 12.4. The van der Waals surface area contributed by atoms with Gasteiger partial charge in [-0.3, -0.25) is 4.79 Å². The fourth-order valence-corrected chi connectivity index (χ4v) is 2.23. The molecule has 0 aliphatic rings. The number of carbonyl (C=O) groups excluding carboxylic acids is 1. The third kappa shape index (κ3) is 3.69. The molecule has 0 bridgehead atoms. The van der Waals surface area contributed by atoms with E-state index in [-0.39, 0.29) is 6.61 Å². The second kappa shape index (κ2) is 7.47. The number of carbonyl (C=O) groups is 1. The van der Waals surface area contributed by atoms with Crippen LogP contribution in [0.3, 0.4) is 0 Å². The minimum Gasteiger partial charge on any atom is -0.482 e. The van der Waals surface area contributed by atoms with Crippen LogP contribution in [0.4, 0.5) is 0 Å². The molecule has 0 saturated heterocycles. The van der Waals surface area contributed by atoms with Gasteiger partial charge in [0.25, 0.3) is 5.56 Å². The molecular weight excluding hydrogens is 338 g/mol. The number of fused-ring (bicyclic) bond motifs is 1. The molecule has 0 aliphatic carbocycles. The number of hydrogen-bond donors (Lipinski definition) is 1. The van der Waals surface area contributed by atoms with E-state index in [0.717, 1.165) is 4.68 Å². The number of aromatic nitrogens is 2. The lowest BCUT2D eigenvalue weighted by atomic mass is 10.2. The average Bonchev–Trinajstić information content (AvgIpc) is 2.66. The quantitative estimate of drug-likeness (QED) is 0.547. The van der Waals surface area contributed by atoms with Gasteiger partial charge in [0, 0.05) is 0 Å². The number of rotatable bonds is 5. The highest BCUT2D eigenvalue weighted by atomic mass is 16.6. The van der Waals surface area contributed by atoms with Crippen LogP contribution in [0.2, 0.25) is 0 Å². The number of hydrogen-bond acceptors (Lipinski definition) is 6. The molecule has 0 unspecified atom stereocenters. The number of benzene rings is 2. The van der Waals surface area contributed by atoms with E-state index >= 15 is 0 Å². The first-order valence-corrected chi connectivity index (χ1v) is 7.66. The van der Waals surface area contributed by atoms with Crippen LogP contribution in [-0.4, -0.2) is 35.6 Å². The van der Waals surface area contributed by atoms with E-state index in [2.05, 4.69) is 14.8 Å². The molecular formula is C18H15N3O5. The highest BCUT2D eigenvalue weighted by Crippen LogP contribution is 2.11. The van der Waals surface area contributed by atoms with E-state index in [4.69, 9.17) is 4.74 Å². The molecule has 132 valence electrons. The largest absolute Gasteiger partial charge is 0.482 e. The minimum atomic E-state index is -0.622. The number of esters is 1. The van der Waals surface area contributed by atoms with E-state index in [9.17, 15) is 14.4 Å². The molecule has 3 aromatic rings. The van der Waals surface area contributed by atoms with Crippen LogP contribution in [0, 0.1) is 0 Å². The Hall–Kier alpha value is -3.68. The summed E-state index contributed by atoms with van der Waals surface area (Å²) in [6.45, 7) is -0.189. The van der Waals surface area contributed by atoms with Crippen molar-refractivity contribution in [3.63, 3.8) is 0 Å². The lowest BCUT2D eigenvalue weighted by molar-refractivity contribution is -0.142. The summed E-state index contributed by atoms with van der Waals surface area (Å²) < 4.78 is 10.5. The van der Waals surface area contributed by atoms with Crippen molar-refractivity contribution in [1.82, 2.24) is 9.66 Å². The predicted octanol–water partition coefficient (Wildman–Crippen LogP) is 1.12. The third-order valence-electron chi connectivity index (χ3n) is 3.57. The van der Waals surface area contributed by atoms with E-state index in [1.165, 1.54) is 13.3 Å². The van der Waals surface area contributed by atoms with Crippen molar-refractivity contribution in [2.45, 2.75) is 0 Å². The zero-order chi connectivity index (χ0) is 18.5. The molecule has 1 heterocycles. The van der Waals surface area contributed by atoms with Gasteiger partial charge in [0.1, 0.15) is 5.75 Å². The Balaban J connectivity index is 1.82. The van der Waals surface area contributed by atoms with Crippen molar-refractivity contribution in [1.29, 1.82) is 0 Å². The maximum atomic E-state index is 12.4. The number of nitrogens with zero attached hydrogens (tertiary/aromatic N) is 2. The molecule has 0 aliphatic heterocycles. The number of nitrogens with one attached hydrogen (secondary N) is 1. The topological polar surface area (TPSA) is 103 Å². The van der Waals surface area contributed by atoms with Crippen LogP contribution in [0.1, 0.15) is 5.56 Å². The summed E-state index contributed by atoms with van der Waals surface area (Å²) in [5.74, 6) is -0.00110. The fourth-order valence-electron chi connectivity index (χ4n) is 2.23. The summed E-state index contributed by atoms with van der Waals surface area (Å²) in [5, 5.41) is 4.33. The SMILES string of the molecule is COC(=O)COc1ccc(C=Nn2c(=O)[nH]c3ccccc3c2=O)cc1. The summed E-state index contributed by atoms with van der Waals surface area (Å²) >= 11 is 0. The molecule has 0 radical (unpaired) electrons. The van der Waals surface area contributed by atoms with Crippen molar-refractivity contribution < 1.29 is 14.3 Å². The molecule has 1 aromatic heterocycles. The van der Waals surface area contributed by atoms with Gasteiger partial charge in [-0.2, -0.15) is 5.10 Å². The highest BCUT2D eigenvalue weighted by molar-refractivity contribution is 5.80. The summed E-state index contributed by atoms with van der Waals surface area (Å²) in [5.41, 5.74) is -0.0162. The summed E-state index contributed by atoms with van der Waals surface area (Å²) in [6.07, 6.45) is 1.38. The van der Waals surface area contributed by atoms with Gasteiger partial charge >= 0.3 is 11.7 Å². The van der Waals surface area contributed by atoms with Crippen molar-refractivity contribution >= 4 is 23.1 Å². The molecule has 8 heteroatoms. The van der Waals surface area contributed by atoms with Gasteiger partial charge in [-0.1, -0.05) is 12.1 Å². The Morgan fingerprint density at radius 1 is 1.15 bits per heavy atom. The van der Waals surface area contributed by atoms with E-state index in [0.29, 0.717) is 22.2 Å². The number of H-pyrrole nitrogens is 1. The van der Waals surface area contributed by atoms with Crippen LogP contribution < -0.4 is 16.0 Å². The van der Waals surface area contributed by atoms with Crippen molar-refractivity contribution in [2.75, 3.05) is 13.7 Å². The summed E-state index contributed by atoms with van der Waals surface area (Å²) in [6, 6.07) is 13.3. The Morgan fingerprint density at radius 2 is 1.88 bits per heavy atom. The second-order valence-corrected chi connectivity index (χ2v) is 5.27. The zero-order valence-corrected chi connectivity index (χ0v) is 13.8. The first kappa shape index (κ1) is 17.2. The first-order chi connectivity index (χ1) is 12.6. The van der Waals surface area contributed by atoms with E-state index in [1.807, 2.05) is 0 Å². The molecule has 8 nitrogen and oxygen atoms in total. The van der Waals surface area contributed by atoms with Gasteiger partial charge in [-0.15, -0.1) is 4.68 Å². The average molecular weight is 353 g/mol. The van der Waals surface area contributed by atoms with Gasteiger partial charge in [-0.05, 0) is 42.0 Å². The second-order valence-electron chi connectivity index (χ2n) is 5.27. The minimum absolute atomic E-state index is 0.189. The molecule has 0 amide bonds. The number of ether oxygens (including phenoxy) is 2. The third-order valence-corrected chi connectivity index (χ3v) is 3.57. The van der Waals surface area contributed by atoms with E-state index < -0.39 is 17.2 Å². The van der Waals surface area contributed by atoms with Gasteiger partial charge in [-0.25, -0.2) is 9.59 Å². The molecule has 0 atom stereocenters. The van der Waals surface area contributed by atoms with Crippen molar-refractivity contribution in [2.24, 2.45) is 5.10 Å². The Labute approximate surface area is 147 Å². The molecule has 1 N–H and O–H groups in total. The lowest BCUT2D eigenvalue weighted by Gasteiger charge is -2.04. The molecule has 0 saturated carbocycles. The van der Waals surface area contributed by atoms with Crippen LogP contribution in [-0.2, 0) is 9.53 Å².